The van der Waals surface area contributed by atoms with E-state index in [1.807, 2.05) is 0 Å². The average molecular weight is 164 g/mol. The maximum Gasteiger partial charge on any atom is 0.449 e. The molecular formula is C7H7F3O. The van der Waals surface area contributed by atoms with Gasteiger partial charge in [-0.1, -0.05) is 0 Å². The van der Waals surface area contributed by atoms with Crippen molar-refractivity contribution in [2.75, 3.05) is 0 Å². The summed E-state index contributed by atoms with van der Waals surface area (Å²) in [6.45, 7) is 0. The molecule has 0 aromatic rings. The van der Waals surface area contributed by atoms with Crippen LogP contribution in [0.2, 0.25) is 0 Å². The van der Waals surface area contributed by atoms with Gasteiger partial charge in [0.1, 0.15) is 0 Å². The van der Waals surface area contributed by atoms with Gasteiger partial charge in [-0.05, 0) is 6.42 Å². The number of hydrogen-bond donors (Lipinski definition) is 0. The third kappa shape index (κ3) is 4.43. The van der Waals surface area contributed by atoms with Crippen molar-refractivity contribution in [3.8, 4) is 12.3 Å². The van der Waals surface area contributed by atoms with Gasteiger partial charge >= 0.3 is 6.18 Å². The summed E-state index contributed by atoms with van der Waals surface area (Å²) in [6, 6.07) is 0. The van der Waals surface area contributed by atoms with Crippen molar-refractivity contribution in [2.24, 2.45) is 0 Å². The first-order valence-electron chi connectivity index (χ1n) is 3.02. The van der Waals surface area contributed by atoms with Crippen LogP contribution < -0.4 is 0 Å². The topological polar surface area (TPSA) is 17.1 Å². The summed E-state index contributed by atoms with van der Waals surface area (Å²) in [5.74, 6) is 0.454. The Morgan fingerprint density at radius 1 is 1.45 bits per heavy atom. The number of unbranched alkanes of at least 4 members (excludes halogenated alkanes) is 1. The molecule has 0 aliphatic rings. The Bertz CT molecular complexity index is 175. The van der Waals surface area contributed by atoms with Gasteiger partial charge in [0.2, 0.25) is 5.78 Å². The Morgan fingerprint density at radius 2 is 2.00 bits per heavy atom. The summed E-state index contributed by atoms with van der Waals surface area (Å²) >= 11 is 0. The summed E-state index contributed by atoms with van der Waals surface area (Å²) in [4.78, 5) is 10.1. The Morgan fingerprint density at radius 3 is 2.36 bits per heavy atom. The number of Topliss-reactive ketones (excluding diaryl/α,β-unsaturated/α-hetero) is 1. The fraction of sp³-hybridized carbons (Fsp3) is 0.571. The van der Waals surface area contributed by atoms with Gasteiger partial charge in [0.25, 0.3) is 0 Å². The molecule has 0 heterocycles. The molecular weight excluding hydrogens is 157 g/mol. The van der Waals surface area contributed by atoms with Crippen LogP contribution in [0.15, 0.2) is 0 Å². The number of hydrogen-bond acceptors (Lipinski definition) is 1. The van der Waals surface area contributed by atoms with Crippen molar-refractivity contribution in [1.29, 1.82) is 0 Å². The third-order valence-corrected chi connectivity index (χ3v) is 1.04. The maximum atomic E-state index is 11.5. The summed E-state index contributed by atoms with van der Waals surface area (Å²) in [7, 11) is 0. The summed E-state index contributed by atoms with van der Waals surface area (Å²) in [5, 5.41) is 0. The minimum Gasteiger partial charge on any atom is -0.290 e. The fourth-order valence-electron chi connectivity index (χ4n) is 0.493. The van der Waals surface area contributed by atoms with Crippen molar-refractivity contribution < 1.29 is 18.0 Å². The Kier molecular flexibility index (Phi) is 3.66. The lowest BCUT2D eigenvalue weighted by molar-refractivity contribution is -0.171. The molecule has 4 heteroatoms. The van der Waals surface area contributed by atoms with E-state index < -0.39 is 18.4 Å². The van der Waals surface area contributed by atoms with Gasteiger partial charge in [-0.15, -0.1) is 12.3 Å². The number of carbonyl (C=O) groups is 1. The van der Waals surface area contributed by atoms with Crippen LogP contribution in [0.4, 0.5) is 13.2 Å². The molecule has 0 rings (SSSR count). The summed E-state index contributed by atoms with van der Waals surface area (Å²) < 4.78 is 34.4. The molecule has 62 valence electrons. The molecule has 0 saturated heterocycles. The van der Waals surface area contributed by atoms with E-state index >= 15 is 0 Å². The van der Waals surface area contributed by atoms with E-state index in [0.29, 0.717) is 0 Å². The van der Waals surface area contributed by atoms with Crippen LogP contribution in [0.25, 0.3) is 0 Å². The lowest BCUT2D eigenvalue weighted by Gasteiger charge is -2.02. The monoisotopic (exact) mass is 164 g/mol. The molecule has 0 aromatic carbocycles. The van der Waals surface area contributed by atoms with Crippen molar-refractivity contribution in [2.45, 2.75) is 25.4 Å². The maximum absolute atomic E-state index is 11.5. The highest BCUT2D eigenvalue weighted by atomic mass is 19.4. The number of rotatable bonds is 3. The second-order valence-electron chi connectivity index (χ2n) is 1.98. The van der Waals surface area contributed by atoms with Crippen molar-refractivity contribution in [3.05, 3.63) is 0 Å². The Hall–Kier alpha value is -0.980. The molecule has 11 heavy (non-hydrogen) atoms. The zero-order chi connectivity index (χ0) is 8.91. The molecule has 1 nitrogen and oxygen atoms in total. The van der Waals surface area contributed by atoms with Gasteiger partial charge in [-0.25, -0.2) is 0 Å². The first kappa shape index (κ1) is 10.0. The number of terminal acetylenes is 1. The highest BCUT2D eigenvalue weighted by molar-refractivity contribution is 5.83. The predicted molar refractivity (Wildman–Crippen MR) is 33.7 cm³/mol. The van der Waals surface area contributed by atoms with Gasteiger partial charge in [-0.2, -0.15) is 13.2 Å². The fourth-order valence-corrected chi connectivity index (χ4v) is 0.493. The molecule has 0 saturated carbocycles. The smallest absolute Gasteiger partial charge is 0.290 e. The van der Waals surface area contributed by atoms with Crippen LogP contribution in [-0.4, -0.2) is 12.0 Å². The lowest BCUT2D eigenvalue weighted by atomic mass is 10.2. The molecule has 0 N–H and O–H groups in total. The van der Waals surface area contributed by atoms with Crippen LogP contribution in [0.5, 0.6) is 0 Å². The van der Waals surface area contributed by atoms with Crippen molar-refractivity contribution >= 4 is 5.78 Å². The first-order valence-corrected chi connectivity index (χ1v) is 3.02. The standard InChI is InChI=1S/C7H7F3O/c1-2-3-4-5-6(11)7(8,9)10/h1H,3-5H2. The van der Waals surface area contributed by atoms with Gasteiger partial charge in [0.05, 0.1) is 0 Å². The molecule has 0 radical (unpaired) electrons. The molecule has 0 spiro atoms. The van der Waals surface area contributed by atoms with E-state index in [9.17, 15) is 18.0 Å². The van der Waals surface area contributed by atoms with Crippen molar-refractivity contribution in [3.63, 3.8) is 0 Å². The van der Waals surface area contributed by atoms with Gasteiger partial charge in [0.15, 0.2) is 0 Å². The van der Waals surface area contributed by atoms with E-state index in [4.69, 9.17) is 6.42 Å². The second-order valence-corrected chi connectivity index (χ2v) is 1.98. The lowest BCUT2D eigenvalue weighted by Crippen LogP contribution is -2.22. The van der Waals surface area contributed by atoms with E-state index in [0.717, 1.165) is 0 Å². The summed E-state index contributed by atoms with van der Waals surface area (Å²) in [5.41, 5.74) is 0. The van der Waals surface area contributed by atoms with Crippen molar-refractivity contribution in [1.82, 2.24) is 0 Å². The quantitative estimate of drug-likeness (QED) is 0.460. The number of carbonyl (C=O) groups excluding carboxylic acids is 1. The van der Waals surface area contributed by atoms with Gasteiger partial charge in [-0.3, -0.25) is 4.79 Å². The molecule has 0 fully saturated rings. The molecule has 0 unspecified atom stereocenters. The highest BCUT2D eigenvalue weighted by Gasteiger charge is 2.36. The second kappa shape index (κ2) is 4.02. The van der Waals surface area contributed by atoms with Gasteiger partial charge < -0.3 is 0 Å². The normalized spacial score (nSPS) is 10.7. The minimum absolute atomic E-state index is 0.106. The molecule has 0 amide bonds. The first-order chi connectivity index (χ1) is 4.98. The molecule has 0 aliphatic carbocycles. The molecule has 0 aliphatic heterocycles. The minimum atomic E-state index is -4.70. The van der Waals surface area contributed by atoms with E-state index in [1.165, 1.54) is 0 Å². The predicted octanol–water partition coefficient (Wildman–Crippen LogP) is 1.92. The van der Waals surface area contributed by atoms with Crippen LogP contribution in [0, 0.1) is 12.3 Å². The van der Waals surface area contributed by atoms with Crippen LogP contribution >= 0.6 is 0 Å². The van der Waals surface area contributed by atoms with Gasteiger partial charge in [0, 0.05) is 12.8 Å². The zero-order valence-electron chi connectivity index (χ0n) is 5.74. The van der Waals surface area contributed by atoms with E-state index in [2.05, 4.69) is 5.92 Å². The Labute approximate surface area is 62.6 Å². The SMILES string of the molecule is C#CCCCC(=O)C(F)(F)F. The third-order valence-electron chi connectivity index (χ3n) is 1.04. The van der Waals surface area contributed by atoms with E-state index in [1.54, 1.807) is 0 Å². The van der Waals surface area contributed by atoms with Crippen LogP contribution in [-0.2, 0) is 4.79 Å². The summed E-state index contributed by atoms with van der Waals surface area (Å²) in [6.07, 6.45) is -0.109. The number of alkyl halides is 3. The number of ketones is 1. The van der Waals surface area contributed by atoms with Crippen LogP contribution in [0.1, 0.15) is 19.3 Å². The van der Waals surface area contributed by atoms with Crippen LogP contribution in [0.3, 0.4) is 0 Å². The largest absolute Gasteiger partial charge is 0.449 e. The highest BCUT2D eigenvalue weighted by Crippen LogP contribution is 2.18. The number of halogens is 3. The average Bonchev–Trinajstić information content (AvgIpc) is 1.86. The molecule has 0 atom stereocenters. The molecule has 0 bridgehead atoms. The molecule has 0 aromatic heterocycles. The zero-order valence-corrected chi connectivity index (χ0v) is 5.74. The van der Waals surface area contributed by atoms with E-state index in [-0.39, 0.29) is 12.8 Å². The Balaban J connectivity index is 3.64.